The number of likely N-dealkylation sites (tertiary alicyclic amines) is 1. The van der Waals surface area contributed by atoms with Crippen LogP contribution in [0.4, 0.5) is 5.69 Å². The van der Waals surface area contributed by atoms with Gasteiger partial charge in [-0.2, -0.15) is 0 Å². The molecule has 1 aromatic rings. The number of nitrogens with zero attached hydrogens (tertiary/aromatic N) is 2. The van der Waals surface area contributed by atoms with Crippen molar-refractivity contribution in [1.82, 2.24) is 4.90 Å². The molecular weight excluding hydrogens is 270 g/mol. The predicted molar refractivity (Wildman–Crippen MR) is 77.6 cm³/mol. The maximum Gasteiger partial charge on any atom is 0.269 e. The van der Waals surface area contributed by atoms with Gasteiger partial charge in [-0.25, -0.2) is 0 Å². The van der Waals surface area contributed by atoms with Crippen molar-refractivity contribution in [3.8, 4) is 0 Å². The fourth-order valence-electron chi connectivity index (χ4n) is 3.58. The Morgan fingerprint density at radius 2 is 2.19 bits per heavy atom. The van der Waals surface area contributed by atoms with E-state index < -0.39 is 4.92 Å². The number of amides is 1. The molecule has 0 bridgehead atoms. The molecule has 1 amide bonds. The second kappa shape index (κ2) is 5.44. The molecule has 21 heavy (non-hydrogen) atoms. The summed E-state index contributed by atoms with van der Waals surface area (Å²) >= 11 is 0. The lowest BCUT2D eigenvalue weighted by atomic mass is 9.98. The van der Waals surface area contributed by atoms with E-state index in [-0.39, 0.29) is 24.1 Å². The Balaban J connectivity index is 1.65. The van der Waals surface area contributed by atoms with Gasteiger partial charge in [-0.05, 0) is 30.2 Å². The van der Waals surface area contributed by atoms with E-state index in [1.165, 1.54) is 12.1 Å². The molecule has 0 aromatic heterocycles. The Labute approximate surface area is 123 Å². The number of hydrogen-bond donors (Lipinski definition) is 1. The van der Waals surface area contributed by atoms with E-state index in [1.807, 2.05) is 4.90 Å². The normalized spacial score (nSPS) is 27.7. The first-order chi connectivity index (χ1) is 10.0. The van der Waals surface area contributed by atoms with Crippen molar-refractivity contribution in [3.05, 3.63) is 39.9 Å². The Kier molecular flexibility index (Phi) is 3.63. The number of nitrogens with two attached hydrogens (primary N) is 1. The van der Waals surface area contributed by atoms with E-state index in [4.69, 9.17) is 5.73 Å². The van der Waals surface area contributed by atoms with Gasteiger partial charge in [0.05, 0.1) is 11.3 Å². The van der Waals surface area contributed by atoms with E-state index in [2.05, 4.69) is 0 Å². The summed E-state index contributed by atoms with van der Waals surface area (Å²) in [5, 5.41) is 10.8. The van der Waals surface area contributed by atoms with Crippen molar-refractivity contribution < 1.29 is 9.72 Å². The highest BCUT2D eigenvalue weighted by Gasteiger charge is 2.42. The zero-order chi connectivity index (χ0) is 15.0. The van der Waals surface area contributed by atoms with Crippen LogP contribution in [0, 0.1) is 22.0 Å². The molecule has 3 unspecified atom stereocenters. The van der Waals surface area contributed by atoms with Crippen molar-refractivity contribution >= 4 is 11.6 Å². The van der Waals surface area contributed by atoms with Crippen molar-refractivity contribution in [2.24, 2.45) is 17.6 Å². The zero-order valence-electron chi connectivity index (χ0n) is 11.8. The number of carbonyl (C=O) groups excluding carboxylic acids is 1. The first kappa shape index (κ1) is 14.0. The van der Waals surface area contributed by atoms with Crippen molar-refractivity contribution in [2.75, 3.05) is 13.1 Å². The van der Waals surface area contributed by atoms with E-state index in [0.29, 0.717) is 17.4 Å². The lowest BCUT2D eigenvalue weighted by Crippen LogP contribution is -2.34. The lowest BCUT2D eigenvalue weighted by molar-refractivity contribution is -0.384. The van der Waals surface area contributed by atoms with E-state index in [0.717, 1.165) is 25.9 Å². The largest absolute Gasteiger partial charge is 0.342 e. The number of fused-ring (bicyclic) bond motifs is 1. The molecule has 1 saturated heterocycles. The van der Waals surface area contributed by atoms with Gasteiger partial charge in [0.1, 0.15) is 0 Å². The van der Waals surface area contributed by atoms with Crippen LogP contribution >= 0.6 is 0 Å². The van der Waals surface area contributed by atoms with Gasteiger partial charge in [0, 0.05) is 31.3 Å². The van der Waals surface area contributed by atoms with Crippen LogP contribution in [0.2, 0.25) is 0 Å². The van der Waals surface area contributed by atoms with Gasteiger partial charge >= 0.3 is 0 Å². The molecule has 2 fully saturated rings. The zero-order valence-corrected chi connectivity index (χ0v) is 11.8. The van der Waals surface area contributed by atoms with Gasteiger partial charge in [0.25, 0.3) is 5.69 Å². The average molecular weight is 289 g/mol. The Morgan fingerprint density at radius 1 is 1.38 bits per heavy atom. The second-order valence-electron chi connectivity index (χ2n) is 6.07. The number of non-ortho nitro benzene ring substituents is 1. The summed E-state index contributed by atoms with van der Waals surface area (Å²) in [5.41, 5.74) is 6.79. The number of hydrogen-bond acceptors (Lipinski definition) is 4. The van der Waals surface area contributed by atoms with E-state index in [1.54, 1.807) is 12.1 Å². The van der Waals surface area contributed by atoms with Gasteiger partial charge in [-0.15, -0.1) is 0 Å². The lowest BCUT2D eigenvalue weighted by Gasteiger charge is -2.18. The summed E-state index contributed by atoms with van der Waals surface area (Å²) in [6.45, 7) is 1.52. The molecule has 0 spiro atoms. The molecule has 1 saturated carbocycles. The monoisotopic (exact) mass is 289 g/mol. The average Bonchev–Trinajstić information content (AvgIpc) is 3.02. The minimum absolute atomic E-state index is 0.0283. The maximum absolute atomic E-state index is 12.3. The highest BCUT2D eigenvalue weighted by Crippen LogP contribution is 2.37. The summed E-state index contributed by atoms with van der Waals surface area (Å²) in [6.07, 6.45) is 2.38. The smallest absolute Gasteiger partial charge is 0.269 e. The molecule has 2 N–H and O–H groups in total. The number of rotatable bonds is 3. The Hall–Kier alpha value is -1.95. The number of nitro groups is 1. The molecular formula is C15H19N3O3. The predicted octanol–water partition coefficient (Wildman–Crippen LogP) is 1.33. The number of nitro benzene ring substituents is 1. The quantitative estimate of drug-likeness (QED) is 0.671. The molecule has 1 aromatic carbocycles. The van der Waals surface area contributed by atoms with Gasteiger partial charge in [-0.1, -0.05) is 12.1 Å². The van der Waals surface area contributed by atoms with Crippen LogP contribution in [0.5, 0.6) is 0 Å². The molecule has 6 heteroatoms. The summed E-state index contributed by atoms with van der Waals surface area (Å²) in [7, 11) is 0. The highest BCUT2D eigenvalue weighted by molar-refractivity contribution is 5.79. The summed E-state index contributed by atoms with van der Waals surface area (Å²) in [4.78, 5) is 24.5. The van der Waals surface area contributed by atoms with Crippen LogP contribution in [-0.4, -0.2) is 34.9 Å². The van der Waals surface area contributed by atoms with Gasteiger partial charge in [0.2, 0.25) is 5.91 Å². The minimum atomic E-state index is -0.437. The van der Waals surface area contributed by atoms with Gasteiger partial charge < -0.3 is 10.6 Å². The molecule has 3 atom stereocenters. The fraction of sp³-hybridized carbons (Fsp3) is 0.533. The molecule has 1 aliphatic carbocycles. The topological polar surface area (TPSA) is 89.5 Å². The third kappa shape index (κ3) is 2.76. The molecule has 0 radical (unpaired) electrons. The van der Waals surface area contributed by atoms with Crippen LogP contribution in [-0.2, 0) is 11.2 Å². The minimum Gasteiger partial charge on any atom is -0.342 e. The third-order valence-electron chi connectivity index (χ3n) is 4.74. The molecule has 112 valence electrons. The van der Waals surface area contributed by atoms with Crippen LogP contribution in [0.1, 0.15) is 18.4 Å². The summed E-state index contributed by atoms with van der Waals surface area (Å²) < 4.78 is 0. The van der Waals surface area contributed by atoms with Gasteiger partial charge in [0.15, 0.2) is 0 Å². The van der Waals surface area contributed by atoms with Crippen LogP contribution in [0.3, 0.4) is 0 Å². The summed E-state index contributed by atoms with van der Waals surface area (Å²) in [6, 6.07) is 6.50. The van der Waals surface area contributed by atoms with Crippen LogP contribution < -0.4 is 5.73 Å². The second-order valence-corrected chi connectivity index (χ2v) is 6.07. The first-order valence-corrected chi connectivity index (χ1v) is 7.31. The fourth-order valence-corrected chi connectivity index (χ4v) is 3.58. The molecule has 3 rings (SSSR count). The Bertz CT molecular complexity index is 575. The standard InChI is InChI=1S/C15H19N3O3/c16-14-5-4-11-8-17(9-13(11)14)15(19)7-10-2-1-3-12(6-10)18(20)21/h1-3,6,11,13-14H,4-5,7-9,16H2. The van der Waals surface area contributed by atoms with Crippen molar-refractivity contribution in [3.63, 3.8) is 0 Å². The number of carbonyl (C=O) groups is 1. The van der Waals surface area contributed by atoms with Crippen molar-refractivity contribution in [2.45, 2.75) is 25.3 Å². The van der Waals surface area contributed by atoms with Crippen LogP contribution in [0.25, 0.3) is 0 Å². The SMILES string of the molecule is NC1CCC2CN(C(=O)Cc3cccc([N+](=O)[O-])c3)CC12. The van der Waals surface area contributed by atoms with Gasteiger partial charge in [-0.3, -0.25) is 14.9 Å². The van der Waals surface area contributed by atoms with Crippen molar-refractivity contribution in [1.29, 1.82) is 0 Å². The molecule has 6 nitrogen and oxygen atoms in total. The molecule has 1 aliphatic heterocycles. The summed E-state index contributed by atoms with van der Waals surface area (Å²) in [5.74, 6) is 1.00. The molecule has 1 heterocycles. The first-order valence-electron chi connectivity index (χ1n) is 7.31. The van der Waals surface area contributed by atoms with E-state index >= 15 is 0 Å². The maximum atomic E-state index is 12.3. The Morgan fingerprint density at radius 3 is 2.90 bits per heavy atom. The van der Waals surface area contributed by atoms with E-state index in [9.17, 15) is 14.9 Å². The highest BCUT2D eigenvalue weighted by atomic mass is 16.6. The van der Waals surface area contributed by atoms with Crippen LogP contribution in [0.15, 0.2) is 24.3 Å². The number of benzene rings is 1. The molecule has 2 aliphatic rings. The third-order valence-corrected chi connectivity index (χ3v) is 4.74.